The molecule has 0 fully saturated rings. The van der Waals surface area contributed by atoms with Crippen LogP contribution < -0.4 is 0 Å². The Morgan fingerprint density at radius 1 is 1.38 bits per heavy atom. The predicted molar refractivity (Wildman–Crippen MR) is 71.3 cm³/mol. The van der Waals surface area contributed by atoms with E-state index in [9.17, 15) is 0 Å². The van der Waals surface area contributed by atoms with Crippen molar-refractivity contribution in [1.82, 2.24) is 0 Å². The van der Waals surface area contributed by atoms with Gasteiger partial charge in [0.15, 0.2) is 0 Å². The molecule has 0 atom stereocenters. The zero-order chi connectivity index (χ0) is 9.42. The van der Waals surface area contributed by atoms with E-state index in [1.165, 1.54) is 18.6 Å². The average Bonchev–Trinajstić information content (AvgIpc) is 2.42. The molecule has 0 aliphatic heterocycles. The van der Waals surface area contributed by atoms with Gasteiger partial charge in [-0.05, 0) is 52.4 Å². The molecule has 0 aliphatic rings. The molecule has 0 spiro atoms. The van der Waals surface area contributed by atoms with Gasteiger partial charge < -0.3 is 0 Å². The van der Waals surface area contributed by atoms with Gasteiger partial charge in [0, 0.05) is 13.2 Å². The monoisotopic (exact) mass is 340 g/mol. The van der Waals surface area contributed by atoms with E-state index in [0.29, 0.717) is 0 Å². The van der Waals surface area contributed by atoms with Crippen molar-refractivity contribution >= 4 is 67.4 Å². The largest absolute Gasteiger partial charge is 0.128 e. The second kappa shape index (κ2) is 3.96. The smallest absolute Gasteiger partial charge is 0.0940 e. The summed E-state index contributed by atoms with van der Waals surface area (Å²) in [4.78, 5) is 1.33. The average molecular weight is 341 g/mol. The van der Waals surface area contributed by atoms with Gasteiger partial charge in [-0.2, -0.15) is 0 Å². The summed E-state index contributed by atoms with van der Waals surface area (Å²) in [7, 11) is 0. The number of halogens is 2. The van der Waals surface area contributed by atoms with Crippen molar-refractivity contribution in [2.45, 2.75) is 4.90 Å². The van der Waals surface area contributed by atoms with Crippen LogP contribution in [0.25, 0.3) is 10.1 Å². The third-order valence-corrected chi connectivity index (χ3v) is 5.02. The molecule has 1 heterocycles. The Labute approximate surface area is 104 Å². The lowest BCUT2D eigenvalue weighted by Crippen LogP contribution is -1.76. The molecule has 0 unspecified atom stereocenters. The van der Waals surface area contributed by atoms with Crippen molar-refractivity contribution in [1.29, 1.82) is 0 Å². The van der Waals surface area contributed by atoms with Crippen LogP contribution >= 0.6 is 57.3 Å². The molecule has 13 heavy (non-hydrogen) atoms. The minimum absolute atomic E-state index is 0.865. The Balaban J connectivity index is 2.72. The number of fused-ring (bicyclic) bond motifs is 1. The van der Waals surface area contributed by atoms with Gasteiger partial charge in [0.05, 0.1) is 4.34 Å². The van der Waals surface area contributed by atoms with Gasteiger partial charge in [-0.3, -0.25) is 0 Å². The Hall–Kier alpha value is 0.550. The molecular weight excluding hydrogens is 335 g/mol. The van der Waals surface area contributed by atoms with Crippen LogP contribution in [0.5, 0.6) is 0 Å². The summed E-state index contributed by atoms with van der Waals surface area (Å²) < 4.78 is 3.44. The van der Waals surface area contributed by atoms with Gasteiger partial charge in [0.2, 0.25) is 0 Å². The first-order valence-corrected chi connectivity index (χ1v) is 7.13. The first kappa shape index (κ1) is 10.1. The second-order valence-electron chi connectivity index (χ2n) is 2.58. The van der Waals surface area contributed by atoms with E-state index < -0.39 is 0 Å². The SMILES string of the molecule is CSc1cc2sc(Cl)cc2cc1I. The quantitative estimate of drug-likeness (QED) is 0.526. The van der Waals surface area contributed by atoms with Crippen LogP contribution in [0, 0.1) is 3.57 Å². The molecule has 1 aromatic heterocycles. The van der Waals surface area contributed by atoms with E-state index in [0.717, 1.165) is 4.34 Å². The minimum atomic E-state index is 0.865. The normalized spacial score (nSPS) is 11.0. The van der Waals surface area contributed by atoms with Crippen molar-refractivity contribution in [2.75, 3.05) is 6.26 Å². The molecule has 68 valence electrons. The first-order valence-electron chi connectivity index (χ1n) is 3.63. The number of hydrogen-bond donors (Lipinski definition) is 0. The molecular formula is C9H6ClIS2. The lowest BCUT2D eigenvalue weighted by Gasteiger charge is -1.99. The lowest BCUT2D eigenvalue weighted by molar-refractivity contribution is 1.46. The van der Waals surface area contributed by atoms with Crippen molar-refractivity contribution in [3.8, 4) is 0 Å². The third kappa shape index (κ3) is 1.98. The van der Waals surface area contributed by atoms with Gasteiger partial charge in [0.25, 0.3) is 0 Å². The van der Waals surface area contributed by atoms with Crippen molar-refractivity contribution < 1.29 is 0 Å². The van der Waals surface area contributed by atoms with E-state index >= 15 is 0 Å². The van der Waals surface area contributed by atoms with Crippen LogP contribution in [0.1, 0.15) is 0 Å². The van der Waals surface area contributed by atoms with Gasteiger partial charge in [-0.1, -0.05) is 11.6 Å². The van der Waals surface area contributed by atoms with E-state index in [1.54, 1.807) is 23.1 Å². The summed E-state index contributed by atoms with van der Waals surface area (Å²) in [5.41, 5.74) is 0. The highest BCUT2D eigenvalue weighted by atomic mass is 127. The fourth-order valence-electron chi connectivity index (χ4n) is 1.16. The van der Waals surface area contributed by atoms with Crippen LogP contribution in [0.3, 0.4) is 0 Å². The fraction of sp³-hybridized carbons (Fsp3) is 0.111. The maximum Gasteiger partial charge on any atom is 0.0940 e. The number of rotatable bonds is 1. The van der Waals surface area contributed by atoms with E-state index in [1.807, 2.05) is 6.07 Å². The van der Waals surface area contributed by atoms with Gasteiger partial charge in [0.1, 0.15) is 0 Å². The summed E-state index contributed by atoms with van der Waals surface area (Å²) in [6, 6.07) is 6.41. The van der Waals surface area contributed by atoms with Gasteiger partial charge in [-0.15, -0.1) is 23.1 Å². The summed E-state index contributed by atoms with van der Waals surface area (Å²) in [5, 5.41) is 1.25. The molecule has 0 bridgehead atoms. The maximum absolute atomic E-state index is 5.94. The zero-order valence-corrected chi connectivity index (χ0v) is 11.4. The Morgan fingerprint density at radius 2 is 2.15 bits per heavy atom. The van der Waals surface area contributed by atoms with E-state index in [4.69, 9.17) is 11.6 Å². The molecule has 0 nitrogen and oxygen atoms in total. The molecule has 0 saturated heterocycles. The van der Waals surface area contributed by atoms with E-state index in [-0.39, 0.29) is 0 Å². The predicted octanol–water partition coefficient (Wildman–Crippen LogP) is 4.88. The highest BCUT2D eigenvalue weighted by Gasteiger charge is 2.04. The van der Waals surface area contributed by atoms with Crippen LogP contribution in [-0.2, 0) is 0 Å². The fourth-order valence-corrected chi connectivity index (χ4v) is 4.06. The van der Waals surface area contributed by atoms with Crippen LogP contribution in [-0.4, -0.2) is 6.26 Å². The summed E-state index contributed by atoms with van der Waals surface area (Å²) in [6.07, 6.45) is 2.10. The number of hydrogen-bond acceptors (Lipinski definition) is 2. The summed E-state index contributed by atoms with van der Waals surface area (Å²) >= 11 is 11.7. The van der Waals surface area contributed by atoms with E-state index in [2.05, 4.69) is 41.0 Å². The van der Waals surface area contributed by atoms with Gasteiger partial charge >= 0.3 is 0 Å². The molecule has 2 rings (SSSR count). The molecule has 0 amide bonds. The Morgan fingerprint density at radius 3 is 2.85 bits per heavy atom. The summed E-state index contributed by atoms with van der Waals surface area (Å²) in [5.74, 6) is 0. The number of thioether (sulfide) groups is 1. The molecule has 1 aromatic carbocycles. The standard InChI is InChI=1S/C9H6ClIS2/c1-12-8-4-7-5(2-6(8)11)3-9(10)13-7/h2-4H,1H3. The highest BCUT2D eigenvalue weighted by Crippen LogP contribution is 2.34. The topological polar surface area (TPSA) is 0 Å². The van der Waals surface area contributed by atoms with Crippen LogP contribution in [0.2, 0.25) is 4.34 Å². The molecule has 4 heteroatoms. The maximum atomic E-state index is 5.94. The first-order chi connectivity index (χ1) is 6.20. The second-order valence-corrected chi connectivity index (χ2v) is 6.30. The van der Waals surface area contributed by atoms with Crippen molar-refractivity contribution in [2.24, 2.45) is 0 Å². The van der Waals surface area contributed by atoms with Crippen LogP contribution in [0.15, 0.2) is 23.1 Å². The summed E-state index contributed by atoms with van der Waals surface area (Å²) in [6.45, 7) is 0. The van der Waals surface area contributed by atoms with Crippen molar-refractivity contribution in [3.05, 3.63) is 26.1 Å². The highest BCUT2D eigenvalue weighted by molar-refractivity contribution is 14.1. The zero-order valence-electron chi connectivity index (χ0n) is 6.80. The molecule has 2 aromatic rings. The molecule has 0 aliphatic carbocycles. The minimum Gasteiger partial charge on any atom is -0.128 e. The van der Waals surface area contributed by atoms with Crippen LogP contribution in [0.4, 0.5) is 0 Å². The Kier molecular flexibility index (Phi) is 3.07. The van der Waals surface area contributed by atoms with Crippen molar-refractivity contribution in [3.63, 3.8) is 0 Å². The number of thiophene rings is 1. The molecule has 0 N–H and O–H groups in total. The lowest BCUT2D eigenvalue weighted by atomic mass is 10.3. The number of benzene rings is 1. The molecule has 0 saturated carbocycles. The third-order valence-electron chi connectivity index (χ3n) is 1.76. The van der Waals surface area contributed by atoms with Gasteiger partial charge in [-0.25, -0.2) is 0 Å². The molecule has 0 radical (unpaired) electrons. The Bertz CT molecular complexity index is 450.